The van der Waals surface area contributed by atoms with Crippen LogP contribution in [0, 0.1) is 5.92 Å². The van der Waals surface area contributed by atoms with Crippen LogP contribution in [0.15, 0.2) is 12.2 Å². The van der Waals surface area contributed by atoms with Crippen molar-refractivity contribution >= 4 is 0 Å². The number of likely N-dealkylation sites (tertiary alicyclic amines) is 1. The summed E-state index contributed by atoms with van der Waals surface area (Å²) in [5.74, 6) is 0.783. The van der Waals surface area contributed by atoms with E-state index in [9.17, 15) is 0 Å². The van der Waals surface area contributed by atoms with E-state index >= 15 is 0 Å². The Labute approximate surface area is 80.6 Å². The lowest BCUT2D eigenvalue weighted by molar-refractivity contribution is 0.165. The Morgan fingerprint density at radius 3 is 3.15 bits per heavy atom. The minimum atomic E-state index is 0.783. The smallest absolute Gasteiger partial charge is 0.0507 e. The summed E-state index contributed by atoms with van der Waals surface area (Å²) in [6, 6.07) is 0. The lowest BCUT2D eigenvalue weighted by atomic mass is 10.0. The van der Waals surface area contributed by atoms with Crippen molar-refractivity contribution in [1.82, 2.24) is 4.90 Å². The summed E-state index contributed by atoms with van der Waals surface area (Å²) in [4.78, 5) is 2.53. The highest BCUT2D eigenvalue weighted by Gasteiger charge is 2.20. The minimum absolute atomic E-state index is 0.783. The van der Waals surface area contributed by atoms with Crippen molar-refractivity contribution in [2.75, 3.05) is 32.8 Å². The van der Waals surface area contributed by atoms with Crippen LogP contribution < -0.4 is 0 Å². The predicted octanol–water partition coefficient (Wildman–Crippen LogP) is 1.67. The zero-order valence-electron chi connectivity index (χ0n) is 8.30. The molecule has 0 saturated carbocycles. The van der Waals surface area contributed by atoms with Crippen molar-refractivity contribution in [2.45, 2.75) is 19.3 Å². The zero-order chi connectivity index (χ0) is 9.10. The van der Waals surface area contributed by atoms with Crippen molar-refractivity contribution in [1.29, 1.82) is 0 Å². The molecule has 0 aromatic rings. The van der Waals surface area contributed by atoms with Crippen LogP contribution in [0.4, 0.5) is 0 Å². The molecule has 0 aromatic carbocycles. The minimum Gasteiger partial charge on any atom is -0.381 e. The van der Waals surface area contributed by atoms with Crippen LogP contribution in [-0.2, 0) is 4.74 Å². The van der Waals surface area contributed by atoms with E-state index in [-0.39, 0.29) is 0 Å². The Hall–Kier alpha value is -0.340. The molecule has 74 valence electrons. The van der Waals surface area contributed by atoms with Gasteiger partial charge in [0.2, 0.25) is 0 Å². The fourth-order valence-corrected chi connectivity index (χ4v) is 2.28. The molecule has 0 amide bonds. The van der Waals surface area contributed by atoms with E-state index in [4.69, 9.17) is 4.74 Å². The summed E-state index contributed by atoms with van der Waals surface area (Å²) in [5.41, 5.74) is 1.41. The van der Waals surface area contributed by atoms with Crippen LogP contribution in [0.1, 0.15) is 19.3 Å². The van der Waals surface area contributed by atoms with Gasteiger partial charge in [-0.15, -0.1) is 0 Å². The molecule has 2 aliphatic heterocycles. The number of rotatable bonds is 2. The van der Waals surface area contributed by atoms with E-state index in [0.717, 1.165) is 25.7 Å². The van der Waals surface area contributed by atoms with Crippen molar-refractivity contribution < 1.29 is 4.74 Å². The van der Waals surface area contributed by atoms with Crippen LogP contribution in [-0.4, -0.2) is 37.7 Å². The van der Waals surface area contributed by atoms with Crippen LogP contribution in [0.3, 0.4) is 0 Å². The SMILES string of the molecule is C=C1CCCN(C[C@@H]2CCOC2)C1. The van der Waals surface area contributed by atoms with Gasteiger partial charge in [-0.25, -0.2) is 0 Å². The molecule has 2 heteroatoms. The van der Waals surface area contributed by atoms with Gasteiger partial charge in [-0.1, -0.05) is 12.2 Å². The molecule has 2 rings (SSSR count). The first-order chi connectivity index (χ1) is 6.34. The van der Waals surface area contributed by atoms with Gasteiger partial charge in [0.05, 0.1) is 6.61 Å². The lowest BCUT2D eigenvalue weighted by Crippen LogP contribution is -2.35. The highest BCUT2D eigenvalue weighted by Crippen LogP contribution is 2.18. The molecule has 2 saturated heterocycles. The summed E-state index contributed by atoms with van der Waals surface area (Å²) in [6.45, 7) is 9.62. The quantitative estimate of drug-likeness (QED) is 0.601. The molecule has 0 aliphatic carbocycles. The summed E-state index contributed by atoms with van der Waals surface area (Å²) >= 11 is 0. The summed E-state index contributed by atoms with van der Waals surface area (Å²) in [6.07, 6.45) is 3.78. The van der Waals surface area contributed by atoms with Crippen molar-refractivity contribution in [3.63, 3.8) is 0 Å². The standard InChI is InChI=1S/C11H19NO/c1-10-3-2-5-12(7-10)8-11-4-6-13-9-11/h11H,1-9H2/t11-/m0/s1. The van der Waals surface area contributed by atoms with Gasteiger partial charge >= 0.3 is 0 Å². The van der Waals surface area contributed by atoms with Crippen LogP contribution in [0.5, 0.6) is 0 Å². The maximum atomic E-state index is 5.38. The van der Waals surface area contributed by atoms with Crippen LogP contribution in [0.25, 0.3) is 0 Å². The molecule has 1 atom stereocenters. The lowest BCUT2D eigenvalue weighted by Gasteiger charge is -2.29. The van der Waals surface area contributed by atoms with E-state index in [1.165, 1.54) is 37.9 Å². The van der Waals surface area contributed by atoms with Gasteiger partial charge in [-0.3, -0.25) is 4.90 Å². The largest absolute Gasteiger partial charge is 0.381 e. The first-order valence-electron chi connectivity index (χ1n) is 5.31. The van der Waals surface area contributed by atoms with Gasteiger partial charge in [0.1, 0.15) is 0 Å². The van der Waals surface area contributed by atoms with Crippen molar-refractivity contribution in [2.24, 2.45) is 5.92 Å². The molecule has 2 fully saturated rings. The number of nitrogens with zero attached hydrogens (tertiary/aromatic N) is 1. The van der Waals surface area contributed by atoms with E-state index in [0.29, 0.717) is 0 Å². The molecule has 0 unspecified atom stereocenters. The highest BCUT2D eigenvalue weighted by molar-refractivity contribution is 5.00. The summed E-state index contributed by atoms with van der Waals surface area (Å²) in [5, 5.41) is 0. The number of hydrogen-bond donors (Lipinski definition) is 0. The van der Waals surface area contributed by atoms with E-state index in [1.807, 2.05) is 0 Å². The molecule has 0 N–H and O–H groups in total. The van der Waals surface area contributed by atoms with Gasteiger partial charge in [-0.2, -0.15) is 0 Å². The second-order valence-corrected chi connectivity index (χ2v) is 4.32. The molecular weight excluding hydrogens is 162 g/mol. The van der Waals surface area contributed by atoms with Crippen LogP contribution >= 0.6 is 0 Å². The Morgan fingerprint density at radius 1 is 1.54 bits per heavy atom. The van der Waals surface area contributed by atoms with Gasteiger partial charge in [0, 0.05) is 19.7 Å². The Bertz CT molecular complexity index is 185. The van der Waals surface area contributed by atoms with Crippen molar-refractivity contribution in [3.8, 4) is 0 Å². The second-order valence-electron chi connectivity index (χ2n) is 4.32. The molecule has 0 bridgehead atoms. The molecule has 0 radical (unpaired) electrons. The molecule has 2 aliphatic rings. The highest BCUT2D eigenvalue weighted by atomic mass is 16.5. The molecule has 2 nitrogen and oxygen atoms in total. The molecule has 0 aromatic heterocycles. The van der Waals surface area contributed by atoms with Gasteiger partial charge < -0.3 is 4.74 Å². The normalized spacial score (nSPS) is 31.1. The van der Waals surface area contributed by atoms with Crippen molar-refractivity contribution in [3.05, 3.63) is 12.2 Å². The number of hydrogen-bond acceptors (Lipinski definition) is 2. The maximum Gasteiger partial charge on any atom is 0.0507 e. The molecule has 0 spiro atoms. The van der Waals surface area contributed by atoms with E-state index < -0.39 is 0 Å². The third kappa shape index (κ3) is 2.55. The van der Waals surface area contributed by atoms with Gasteiger partial charge in [-0.05, 0) is 31.7 Å². The fraction of sp³-hybridized carbons (Fsp3) is 0.818. The average molecular weight is 181 g/mol. The third-order valence-electron chi connectivity index (χ3n) is 2.99. The topological polar surface area (TPSA) is 12.5 Å². The predicted molar refractivity (Wildman–Crippen MR) is 53.7 cm³/mol. The Morgan fingerprint density at radius 2 is 2.46 bits per heavy atom. The zero-order valence-corrected chi connectivity index (χ0v) is 8.30. The Balaban J connectivity index is 1.76. The third-order valence-corrected chi connectivity index (χ3v) is 2.99. The number of ether oxygens (including phenoxy) is 1. The monoisotopic (exact) mass is 181 g/mol. The maximum absolute atomic E-state index is 5.38. The first-order valence-corrected chi connectivity index (χ1v) is 5.31. The second kappa shape index (κ2) is 4.25. The number of piperidine rings is 1. The molecular formula is C11H19NO. The fourth-order valence-electron chi connectivity index (χ4n) is 2.28. The van der Waals surface area contributed by atoms with Crippen LogP contribution in [0.2, 0.25) is 0 Å². The van der Waals surface area contributed by atoms with E-state index in [1.54, 1.807) is 0 Å². The van der Waals surface area contributed by atoms with Gasteiger partial charge in [0.25, 0.3) is 0 Å². The Kier molecular flexibility index (Phi) is 3.01. The summed E-state index contributed by atoms with van der Waals surface area (Å²) in [7, 11) is 0. The molecule has 2 heterocycles. The average Bonchev–Trinajstić information content (AvgIpc) is 2.57. The van der Waals surface area contributed by atoms with Gasteiger partial charge in [0.15, 0.2) is 0 Å². The summed E-state index contributed by atoms with van der Waals surface area (Å²) < 4.78 is 5.38. The first kappa shape index (κ1) is 9.22. The van der Waals surface area contributed by atoms with E-state index in [2.05, 4.69) is 11.5 Å². The molecule has 13 heavy (non-hydrogen) atoms.